The normalized spacial score (nSPS) is 24.7. The summed E-state index contributed by atoms with van der Waals surface area (Å²) in [6, 6.07) is 7.16. The van der Waals surface area contributed by atoms with E-state index in [0.29, 0.717) is 25.3 Å². The number of carboxylic acids is 1. The molecule has 1 aliphatic rings. The first kappa shape index (κ1) is 21.9. The Hall–Kier alpha value is -1.44. The van der Waals surface area contributed by atoms with E-state index in [0.717, 1.165) is 24.0 Å². The summed E-state index contributed by atoms with van der Waals surface area (Å²) in [6.45, 7) is 5.80. The molecule has 6 nitrogen and oxygen atoms in total. The lowest BCUT2D eigenvalue weighted by Crippen LogP contribution is -2.38. The van der Waals surface area contributed by atoms with Gasteiger partial charge in [-0.15, -0.1) is 0 Å². The number of aliphatic carboxylic acids is 1. The van der Waals surface area contributed by atoms with E-state index in [2.05, 4.69) is 11.6 Å². The van der Waals surface area contributed by atoms with Crippen LogP contribution in [0.5, 0.6) is 0 Å². The molecule has 0 aliphatic heterocycles. The van der Waals surface area contributed by atoms with Crippen molar-refractivity contribution in [1.82, 2.24) is 4.72 Å². The second-order valence-corrected chi connectivity index (χ2v) is 10.4. The molecule has 7 heteroatoms. The van der Waals surface area contributed by atoms with Gasteiger partial charge in [0.2, 0.25) is 10.0 Å². The number of benzene rings is 1. The molecule has 0 saturated heterocycles. The van der Waals surface area contributed by atoms with Gasteiger partial charge < -0.3 is 10.2 Å². The zero-order valence-electron chi connectivity index (χ0n) is 16.3. The van der Waals surface area contributed by atoms with Gasteiger partial charge in [-0.1, -0.05) is 31.2 Å². The van der Waals surface area contributed by atoms with Gasteiger partial charge in [0.25, 0.3) is 0 Å². The Morgan fingerprint density at radius 3 is 2.22 bits per heavy atom. The lowest BCUT2D eigenvalue weighted by atomic mass is 9.71. The fourth-order valence-corrected chi connectivity index (χ4v) is 4.49. The van der Waals surface area contributed by atoms with Crippen molar-refractivity contribution in [3.63, 3.8) is 0 Å². The molecule has 3 N–H and O–H groups in total. The van der Waals surface area contributed by atoms with E-state index in [9.17, 15) is 18.3 Å². The minimum Gasteiger partial charge on any atom is -0.481 e. The first-order valence-electron chi connectivity index (χ1n) is 9.55. The molecule has 2 rings (SSSR count). The van der Waals surface area contributed by atoms with Crippen LogP contribution in [-0.4, -0.2) is 36.4 Å². The maximum absolute atomic E-state index is 11.9. The summed E-state index contributed by atoms with van der Waals surface area (Å²) < 4.78 is 26.5. The summed E-state index contributed by atoms with van der Waals surface area (Å²) in [5.41, 5.74) is 0.646. The molecule has 1 atom stereocenters. The maximum Gasteiger partial charge on any atom is 0.307 e. The Kier molecular flexibility index (Phi) is 7.05. The van der Waals surface area contributed by atoms with Crippen molar-refractivity contribution >= 4 is 16.0 Å². The van der Waals surface area contributed by atoms with Gasteiger partial charge >= 0.3 is 5.97 Å². The Morgan fingerprint density at radius 1 is 1.19 bits per heavy atom. The highest BCUT2D eigenvalue weighted by atomic mass is 32.2. The molecular weight excluding hydrogens is 366 g/mol. The second-order valence-electron chi connectivity index (χ2n) is 8.06. The van der Waals surface area contributed by atoms with E-state index < -0.39 is 26.8 Å². The summed E-state index contributed by atoms with van der Waals surface area (Å²) in [5, 5.41) is 19.4. The fourth-order valence-electron chi connectivity index (χ4n) is 3.66. The standard InChI is InChI=1S/C20H31NO5S/c1-14(2)27(25,26)21-13-15(3)17-8-10-20(24,11-9-17)18-6-4-16(5-7-18)12-19(22)23/h4-7,14-15,17,21,24H,8-13H2,1-3H3,(H,22,23). The molecule has 152 valence electrons. The minimum atomic E-state index is -3.25. The van der Waals surface area contributed by atoms with Gasteiger partial charge in [-0.3, -0.25) is 4.79 Å². The third-order valence-corrected chi connectivity index (χ3v) is 7.55. The van der Waals surface area contributed by atoms with Gasteiger partial charge in [-0.25, -0.2) is 13.1 Å². The zero-order chi connectivity index (χ0) is 20.2. The van der Waals surface area contributed by atoms with Gasteiger partial charge in [-0.05, 0) is 62.5 Å². The topological polar surface area (TPSA) is 104 Å². The quantitative estimate of drug-likeness (QED) is 0.626. The van der Waals surface area contributed by atoms with Gasteiger partial charge in [0.15, 0.2) is 0 Å². The minimum absolute atomic E-state index is 0.0232. The van der Waals surface area contributed by atoms with Crippen LogP contribution in [0.1, 0.15) is 57.6 Å². The van der Waals surface area contributed by atoms with Gasteiger partial charge in [0.1, 0.15) is 0 Å². The number of carboxylic acid groups (broad SMARTS) is 1. The van der Waals surface area contributed by atoms with Crippen LogP contribution in [0.2, 0.25) is 0 Å². The molecule has 0 amide bonds. The van der Waals surface area contributed by atoms with E-state index in [4.69, 9.17) is 5.11 Å². The van der Waals surface area contributed by atoms with Gasteiger partial charge in [-0.2, -0.15) is 0 Å². The average molecular weight is 398 g/mol. The van der Waals surface area contributed by atoms with E-state index in [1.54, 1.807) is 26.0 Å². The molecule has 1 fully saturated rings. The van der Waals surface area contributed by atoms with E-state index >= 15 is 0 Å². The lowest BCUT2D eigenvalue weighted by Gasteiger charge is -2.38. The van der Waals surface area contributed by atoms with Crippen molar-refractivity contribution in [2.75, 3.05) is 6.54 Å². The molecule has 1 aromatic carbocycles. The van der Waals surface area contributed by atoms with Crippen molar-refractivity contribution in [1.29, 1.82) is 0 Å². The van der Waals surface area contributed by atoms with Crippen LogP contribution in [0, 0.1) is 11.8 Å². The van der Waals surface area contributed by atoms with Crippen molar-refractivity contribution in [3.05, 3.63) is 35.4 Å². The number of aliphatic hydroxyl groups is 1. The van der Waals surface area contributed by atoms with Crippen LogP contribution in [0.4, 0.5) is 0 Å². The molecule has 27 heavy (non-hydrogen) atoms. The molecular formula is C20H31NO5S. The smallest absolute Gasteiger partial charge is 0.307 e. The van der Waals surface area contributed by atoms with Gasteiger partial charge in [0, 0.05) is 6.54 Å². The van der Waals surface area contributed by atoms with Crippen molar-refractivity contribution in [2.24, 2.45) is 11.8 Å². The Morgan fingerprint density at radius 2 is 1.74 bits per heavy atom. The summed E-state index contributed by atoms with van der Waals surface area (Å²) in [7, 11) is -3.25. The summed E-state index contributed by atoms with van der Waals surface area (Å²) in [6.07, 6.45) is 2.88. The first-order chi connectivity index (χ1) is 12.5. The van der Waals surface area contributed by atoms with E-state index in [-0.39, 0.29) is 12.3 Å². The molecule has 1 aromatic rings. The Balaban J connectivity index is 1.92. The fraction of sp³-hybridized carbons (Fsp3) is 0.650. The predicted octanol–water partition coefficient (Wildman–Crippen LogP) is 2.66. The Bertz CT molecular complexity index is 734. The number of nitrogens with one attached hydrogen (secondary N) is 1. The van der Waals surface area contributed by atoms with Crippen molar-refractivity contribution in [3.8, 4) is 0 Å². The van der Waals surface area contributed by atoms with Crippen LogP contribution in [0.15, 0.2) is 24.3 Å². The van der Waals surface area contributed by atoms with E-state index in [1.807, 2.05) is 12.1 Å². The average Bonchev–Trinajstić information content (AvgIpc) is 2.60. The lowest BCUT2D eigenvalue weighted by molar-refractivity contribution is -0.136. The highest BCUT2D eigenvalue weighted by Gasteiger charge is 2.36. The first-order valence-corrected chi connectivity index (χ1v) is 11.1. The highest BCUT2D eigenvalue weighted by molar-refractivity contribution is 7.90. The van der Waals surface area contributed by atoms with Crippen LogP contribution < -0.4 is 4.72 Å². The van der Waals surface area contributed by atoms with E-state index in [1.165, 1.54) is 0 Å². The zero-order valence-corrected chi connectivity index (χ0v) is 17.1. The predicted molar refractivity (Wildman–Crippen MR) is 105 cm³/mol. The van der Waals surface area contributed by atoms with Crippen LogP contribution in [-0.2, 0) is 26.8 Å². The second kappa shape index (κ2) is 8.71. The molecule has 0 aromatic heterocycles. The third-order valence-electron chi connectivity index (χ3n) is 5.74. The number of rotatable bonds is 8. The molecule has 1 aliphatic carbocycles. The number of hydrogen-bond donors (Lipinski definition) is 3. The Labute approximate surface area is 162 Å². The third kappa shape index (κ3) is 5.77. The highest BCUT2D eigenvalue weighted by Crippen LogP contribution is 2.41. The number of hydrogen-bond acceptors (Lipinski definition) is 4. The molecule has 0 radical (unpaired) electrons. The van der Waals surface area contributed by atoms with Crippen molar-refractivity contribution < 1.29 is 23.4 Å². The van der Waals surface area contributed by atoms with Crippen LogP contribution >= 0.6 is 0 Å². The summed E-state index contributed by atoms with van der Waals surface area (Å²) in [4.78, 5) is 10.8. The summed E-state index contributed by atoms with van der Waals surface area (Å²) in [5.74, 6) is -0.295. The largest absolute Gasteiger partial charge is 0.481 e. The van der Waals surface area contributed by atoms with Crippen molar-refractivity contribution in [2.45, 2.75) is 63.7 Å². The van der Waals surface area contributed by atoms with Crippen LogP contribution in [0.25, 0.3) is 0 Å². The number of carbonyl (C=O) groups is 1. The number of sulfonamides is 1. The molecule has 0 bridgehead atoms. The monoisotopic (exact) mass is 397 g/mol. The molecule has 1 unspecified atom stereocenters. The SMILES string of the molecule is CC(CNS(=O)(=O)C(C)C)C1CCC(O)(c2ccc(CC(=O)O)cc2)CC1. The molecule has 0 spiro atoms. The molecule has 0 heterocycles. The maximum atomic E-state index is 11.9. The van der Waals surface area contributed by atoms with Crippen LogP contribution in [0.3, 0.4) is 0 Å². The summed E-state index contributed by atoms with van der Waals surface area (Å²) >= 11 is 0. The molecule has 1 saturated carbocycles. The van der Waals surface area contributed by atoms with Gasteiger partial charge in [0.05, 0.1) is 17.3 Å².